The quantitative estimate of drug-likeness (QED) is 0.194. The third kappa shape index (κ3) is 4.96. The Morgan fingerprint density at radius 3 is 2.58 bits per heavy atom. The van der Waals surface area contributed by atoms with E-state index in [0.29, 0.717) is 45.1 Å². The number of piperazine rings is 1. The molecule has 0 spiro atoms. The molecule has 2 aromatic carbocycles. The van der Waals surface area contributed by atoms with Crippen LogP contribution in [0, 0.1) is 11.0 Å². The molecule has 1 saturated heterocycles. The molecule has 2 heterocycles. The lowest BCUT2D eigenvalue weighted by atomic mass is 10.1. The number of anilines is 1. The van der Waals surface area contributed by atoms with Gasteiger partial charge in [0.15, 0.2) is 12.0 Å². The van der Waals surface area contributed by atoms with E-state index in [1.54, 1.807) is 24.3 Å². The number of carbonyl (C=O) groups is 1. The van der Waals surface area contributed by atoms with Crippen LogP contribution in [0.15, 0.2) is 53.6 Å². The summed E-state index contributed by atoms with van der Waals surface area (Å²) in [6.45, 7) is 5.00. The van der Waals surface area contributed by atoms with Crippen LogP contribution in [0.5, 0.6) is 5.75 Å². The van der Waals surface area contributed by atoms with Crippen LogP contribution in [0.4, 0.5) is 10.1 Å². The standard InChI is InChI=1S/C25H26FN3O3S/c1-3-33-25-23-18(15-21(26)24(25)28-12-10-27(2)11-13-28)14-19(16-29(23)32)22(31)9-6-17-4-7-20(30)8-5-17/h4-9,14-16,30H,3,10-13H2,1-2H3. The van der Waals surface area contributed by atoms with Crippen LogP contribution < -0.4 is 9.63 Å². The second kappa shape index (κ2) is 9.80. The molecule has 0 atom stereocenters. The number of allylic oxidation sites excluding steroid dienone is 1. The van der Waals surface area contributed by atoms with Gasteiger partial charge in [-0.3, -0.25) is 4.79 Å². The zero-order valence-corrected chi connectivity index (χ0v) is 19.4. The first kappa shape index (κ1) is 23.1. The van der Waals surface area contributed by atoms with E-state index in [0.717, 1.165) is 18.7 Å². The molecule has 0 saturated carbocycles. The monoisotopic (exact) mass is 467 g/mol. The second-order valence-electron chi connectivity index (χ2n) is 8.04. The van der Waals surface area contributed by atoms with Gasteiger partial charge in [-0.1, -0.05) is 25.1 Å². The van der Waals surface area contributed by atoms with Gasteiger partial charge in [0.1, 0.15) is 16.5 Å². The zero-order valence-electron chi connectivity index (χ0n) is 18.6. The maximum atomic E-state index is 15.4. The number of phenolic OH excluding ortho intramolecular Hbond substituents is 1. The Morgan fingerprint density at radius 2 is 1.91 bits per heavy atom. The highest BCUT2D eigenvalue weighted by Crippen LogP contribution is 2.38. The lowest BCUT2D eigenvalue weighted by Gasteiger charge is -2.35. The number of hydrogen-bond acceptors (Lipinski definition) is 6. The lowest BCUT2D eigenvalue weighted by Crippen LogP contribution is -2.45. The van der Waals surface area contributed by atoms with Crippen molar-refractivity contribution >= 4 is 40.2 Å². The van der Waals surface area contributed by atoms with Gasteiger partial charge in [-0.15, -0.1) is 11.8 Å². The molecule has 8 heteroatoms. The van der Waals surface area contributed by atoms with Crippen molar-refractivity contribution in [1.82, 2.24) is 4.90 Å². The van der Waals surface area contributed by atoms with Crippen LogP contribution in [0.3, 0.4) is 0 Å². The molecule has 0 radical (unpaired) electrons. The van der Waals surface area contributed by atoms with Gasteiger partial charge in [0.2, 0.25) is 5.52 Å². The third-order valence-electron chi connectivity index (χ3n) is 5.71. The first-order valence-corrected chi connectivity index (χ1v) is 11.8. The Labute approximate surface area is 196 Å². The number of benzene rings is 2. The van der Waals surface area contributed by atoms with E-state index in [1.807, 2.05) is 18.9 Å². The molecule has 3 aromatic rings. The summed E-state index contributed by atoms with van der Waals surface area (Å²) in [5.41, 5.74) is 1.78. The average molecular weight is 468 g/mol. The molecular formula is C25H26FN3O3S. The topological polar surface area (TPSA) is 70.7 Å². The minimum absolute atomic E-state index is 0.138. The van der Waals surface area contributed by atoms with Crippen molar-refractivity contribution in [2.75, 3.05) is 43.9 Å². The normalized spacial score (nSPS) is 14.9. The number of aromatic nitrogens is 1. The first-order valence-electron chi connectivity index (χ1n) is 10.8. The van der Waals surface area contributed by atoms with Gasteiger partial charge in [0, 0.05) is 26.2 Å². The van der Waals surface area contributed by atoms with Crippen LogP contribution >= 0.6 is 11.8 Å². The van der Waals surface area contributed by atoms with Crippen molar-refractivity contribution in [3.05, 3.63) is 70.8 Å². The predicted octanol–water partition coefficient (Wildman–Crippen LogP) is 4.08. The minimum atomic E-state index is -0.382. The zero-order chi connectivity index (χ0) is 23.5. The summed E-state index contributed by atoms with van der Waals surface area (Å²) in [5, 5.41) is 22.8. The van der Waals surface area contributed by atoms with E-state index in [9.17, 15) is 15.1 Å². The highest BCUT2D eigenvalue weighted by Gasteiger charge is 2.27. The number of pyridine rings is 1. The molecule has 0 amide bonds. The second-order valence-corrected chi connectivity index (χ2v) is 9.32. The van der Waals surface area contributed by atoms with Crippen molar-refractivity contribution in [3.8, 4) is 5.75 Å². The number of thioether (sulfide) groups is 1. The number of halogens is 1. The Kier molecular flexibility index (Phi) is 6.85. The van der Waals surface area contributed by atoms with Crippen molar-refractivity contribution in [3.63, 3.8) is 0 Å². The van der Waals surface area contributed by atoms with Gasteiger partial charge in [-0.05, 0) is 48.7 Å². The van der Waals surface area contributed by atoms with Crippen molar-refractivity contribution in [2.24, 2.45) is 0 Å². The van der Waals surface area contributed by atoms with Gasteiger partial charge in [0.05, 0.1) is 16.6 Å². The lowest BCUT2D eigenvalue weighted by molar-refractivity contribution is -0.578. The first-order chi connectivity index (χ1) is 15.9. The smallest absolute Gasteiger partial charge is 0.239 e. The van der Waals surface area contributed by atoms with Gasteiger partial charge in [-0.2, -0.15) is 4.73 Å². The maximum absolute atomic E-state index is 15.4. The number of aromatic hydroxyl groups is 1. The molecule has 6 nitrogen and oxygen atoms in total. The summed E-state index contributed by atoms with van der Waals surface area (Å²) in [5.74, 6) is 0.0872. The average Bonchev–Trinajstić information content (AvgIpc) is 2.79. The van der Waals surface area contributed by atoms with Crippen molar-refractivity contribution in [1.29, 1.82) is 0 Å². The Balaban J connectivity index is 1.73. The van der Waals surface area contributed by atoms with Crippen LogP contribution in [0.2, 0.25) is 0 Å². The Morgan fingerprint density at radius 1 is 1.21 bits per heavy atom. The number of likely N-dealkylation sites (N-methyl/N-ethyl adjacent to an activating group) is 1. The molecule has 1 N–H and O–H groups in total. The molecule has 4 rings (SSSR count). The SMILES string of the molecule is CCSc1c(N2CCN(C)CC2)c(F)cc2cc(C(=O)C=Cc3ccc(O)cc3)c[n+]([O-])c12. The van der Waals surface area contributed by atoms with Gasteiger partial charge < -0.3 is 20.1 Å². The fourth-order valence-electron chi connectivity index (χ4n) is 3.95. The highest BCUT2D eigenvalue weighted by atomic mass is 32.2. The molecule has 0 aliphatic carbocycles. The van der Waals surface area contributed by atoms with E-state index in [1.165, 1.54) is 42.2 Å². The Bertz CT molecular complexity index is 1210. The molecule has 1 aliphatic heterocycles. The molecule has 172 valence electrons. The molecule has 1 fully saturated rings. The van der Waals surface area contributed by atoms with E-state index in [4.69, 9.17) is 0 Å². The van der Waals surface area contributed by atoms with Crippen molar-refractivity contribution in [2.45, 2.75) is 11.8 Å². The molecular weight excluding hydrogens is 441 g/mol. The van der Waals surface area contributed by atoms with Crippen LogP contribution in [-0.4, -0.2) is 54.8 Å². The van der Waals surface area contributed by atoms with Crippen LogP contribution in [-0.2, 0) is 0 Å². The van der Waals surface area contributed by atoms with Gasteiger partial charge in [0.25, 0.3) is 0 Å². The van der Waals surface area contributed by atoms with E-state index < -0.39 is 0 Å². The summed E-state index contributed by atoms with van der Waals surface area (Å²) in [6.07, 6.45) is 4.23. The Hall–Kier alpha value is -3.10. The summed E-state index contributed by atoms with van der Waals surface area (Å²) >= 11 is 1.44. The summed E-state index contributed by atoms with van der Waals surface area (Å²) in [7, 11) is 2.04. The molecule has 0 bridgehead atoms. The number of rotatable bonds is 6. The third-order valence-corrected chi connectivity index (χ3v) is 6.68. The number of hydrogen-bond donors (Lipinski definition) is 1. The summed E-state index contributed by atoms with van der Waals surface area (Å²) < 4.78 is 16.0. The summed E-state index contributed by atoms with van der Waals surface area (Å²) in [4.78, 5) is 17.5. The van der Waals surface area contributed by atoms with Crippen LogP contribution in [0.1, 0.15) is 22.8 Å². The minimum Gasteiger partial charge on any atom is -0.618 e. The molecule has 1 aliphatic rings. The summed E-state index contributed by atoms with van der Waals surface area (Å²) in [6, 6.07) is 9.34. The van der Waals surface area contributed by atoms with E-state index in [-0.39, 0.29) is 22.9 Å². The fourth-order valence-corrected chi connectivity index (χ4v) is 4.95. The van der Waals surface area contributed by atoms with Gasteiger partial charge >= 0.3 is 0 Å². The predicted molar refractivity (Wildman–Crippen MR) is 130 cm³/mol. The van der Waals surface area contributed by atoms with Gasteiger partial charge in [-0.25, -0.2) is 4.39 Å². The highest BCUT2D eigenvalue weighted by molar-refractivity contribution is 7.99. The number of ketones is 1. The molecule has 33 heavy (non-hydrogen) atoms. The van der Waals surface area contributed by atoms with E-state index in [2.05, 4.69) is 4.90 Å². The fraction of sp³-hybridized carbons (Fsp3) is 0.280. The number of nitrogens with zero attached hydrogens (tertiary/aromatic N) is 3. The number of carbonyl (C=O) groups excluding carboxylic acids is 1. The molecule has 1 aromatic heterocycles. The molecule has 0 unspecified atom stereocenters. The van der Waals surface area contributed by atoms with Crippen molar-refractivity contribution < 1.29 is 19.0 Å². The maximum Gasteiger partial charge on any atom is 0.239 e. The van der Waals surface area contributed by atoms with Crippen LogP contribution in [0.25, 0.3) is 17.0 Å². The number of fused-ring (bicyclic) bond motifs is 1. The van der Waals surface area contributed by atoms with E-state index >= 15 is 4.39 Å². The number of phenols is 1. The largest absolute Gasteiger partial charge is 0.618 e.